The Balaban J connectivity index is 1.47. The smallest absolute Gasteiger partial charge is 0.234 e. The highest BCUT2D eigenvalue weighted by atomic mass is 35.5. The molecule has 0 bridgehead atoms. The molecule has 4 rings (SSSR count). The molecule has 6 nitrogen and oxygen atoms in total. The average molecular weight is 479 g/mol. The number of carbonyl (C=O) groups excluding carboxylic acids is 1. The lowest BCUT2D eigenvalue weighted by molar-refractivity contribution is -0.113. The number of rotatable bonds is 9. The van der Waals surface area contributed by atoms with Gasteiger partial charge in [0.2, 0.25) is 5.91 Å². The summed E-state index contributed by atoms with van der Waals surface area (Å²) in [4.78, 5) is 12.6. The van der Waals surface area contributed by atoms with Crippen LogP contribution in [-0.2, 0) is 17.6 Å². The summed E-state index contributed by atoms with van der Waals surface area (Å²) >= 11 is 7.49. The van der Waals surface area contributed by atoms with Gasteiger partial charge in [0.15, 0.2) is 5.16 Å². The Labute approximate surface area is 202 Å². The summed E-state index contributed by atoms with van der Waals surface area (Å²) < 4.78 is 7.17. The van der Waals surface area contributed by atoms with Crippen molar-refractivity contribution in [1.29, 1.82) is 0 Å². The summed E-state index contributed by atoms with van der Waals surface area (Å²) in [5.74, 6) is 1.44. The number of amides is 1. The van der Waals surface area contributed by atoms with E-state index in [1.165, 1.54) is 17.3 Å². The van der Waals surface area contributed by atoms with E-state index in [4.69, 9.17) is 16.3 Å². The van der Waals surface area contributed by atoms with Crippen LogP contribution >= 0.6 is 23.4 Å². The first kappa shape index (κ1) is 22.9. The number of benzene rings is 3. The van der Waals surface area contributed by atoms with Crippen molar-refractivity contribution >= 4 is 35.0 Å². The number of aryl methyl sites for hydroxylation is 2. The summed E-state index contributed by atoms with van der Waals surface area (Å²) in [5, 5.41) is 12.8. The second-order valence-corrected chi connectivity index (χ2v) is 8.59. The summed E-state index contributed by atoms with van der Waals surface area (Å²) in [6.07, 6.45) is 1.60. The maximum Gasteiger partial charge on any atom is 0.234 e. The minimum Gasteiger partial charge on any atom is -0.495 e. The van der Waals surface area contributed by atoms with Gasteiger partial charge in [-0.25, -0.2) is 0 Å². The molecule has 0 unspecified atom stereocenters. The van der Waals surface area contributed by atoms with Gasteiger partial charge in [0.25, 0.3) is 0 Å². The number of nitrogens with one attached hydrogen (secondary N) is 1. The zero-order valence-corrected chi connectivity index (χ0v) is 19.6. The molecule has 33 heavy (non-hydrogen) atoms. The van der Waals surface area contributed by atoms with Crippen LogP contribution in [0.2, 0.25) is 5.02 Å². The minimum atomic E-state index is -0.158. The molecule has 1 amide bonds. The van der Waals surface area contributed by atoms with E-state index in [1.54, 1.807) is 25.3 Å². The van der Waals surface area contributed by atoms with Crippen molar-refractivity contribution < 1.29 is 9.53 Å². The molecule has 3 aromatic carbocycles. The molecule has 1 heterocycles. The molecule has 0 fully saturated rings. The van der Waals surface area contributed by atoms with Crippen molar-refractivity contribution in [1.82, 2.24) is 14.8 Å². The Kier molecular flexibility index (Phi) is 7.65. The van der Waals surface area contributed by atoms with Crippen LogP contribution < -0.4 is 10.1 Å². The van der Waals surface area contributed by atoms with E-state index in [1.807, 2.05) is 53.1 Å². The van der Waals surface area contributed by atoms with Crippen LogP contribution in [0.3, 0.4) is 0 Å². The number of methoxy groups -OCH3 is 1. The van der Waals surface area contributed by atoms with Crippen LogP contribution in [-0.4, -0.2) is 33.5 Å². The van der Waals surface area contributed by atoms with Gasteiger partial charge in [-0.3, -0.25) is 9.36 Å². The monoisotopic (exact) mass is 478 g/mol. The second kappa shape index (κ2) is 11.0. The quantitative estimate of drug-likeness (QED) is 0.324. The second-order valence-electron chi connectivity index (χ2n) is 7.24. The molecule has 0 aliphatic rings. The Morgan fingerprint density at radius 1 is 1.00 bits per heavy atom. The zero-order chi connectivity index (χ0) is 23.0. The first-order valence-corrected chi connectivity index (χ1v) is 11.8. The van der Waals surface area contributed by atoms with Gasteiger partial charge in [0.1, 0.15) is 11.6 Å². The fraction of sp³-hybridized carbons (Fsp3) is 0.160. The molecular formula is C25H23ClN4O2S. The fourth-order valence-corrected chi connectivity index (χ4v) is 4.39. The number of hydrogen-bond donors (Lipinski definition) is 1. The predicted octanol–water partition coefficient (Wildman–Crippen LogP) is 5.45. The molecular weight excluding hydrogens is 456 g/mol. The minimum absolute atomic E-state index is 0.158. The first-order valence-electron chi connectivity index (χ1n) is 10.4. The Hall–Kier alpha value is -3.29. The molecule has 0 saturated heterocycles. The number of halogens is 1. The van der Waals surface area contributed by atoms with E-state index in [2.05, 4.69) is 27.6 Å². The van der Waals surface area contributed by atoms with E-state index < -0.39 is 0 Å². The summed E-state index contributed by atoms with van der Waals surface area (Å²) in [6.45, 7) is 0. The molecule has 0 atom stereocenters. The van der Waals surface area contributed by atoms with Crippen molar-refractivity contribution in [3.8, 4) is 11.4 Å². The van der Waals surface area contributed by atoms with Crippen LogP contribution in [0.15, 0.2) is 84.0 Å². The van der Waals surface area contributed by atoms with Gasteiger partial charge in [0, 0.05) is 17.8 Å². The molecule has 0 spiro atoms. The lowest BCUT2D eigenvalue weighted by Gasteiger charge is -2.11. The lowest BCUT2D eigenvalue weighted by Crippen LogP contribution is -2.14. The number of carbonyl (C=O) groups is 1. The van der Waals surface area contributed by atoms with Gasteiger partial charge in [-0.05, 0) is 42.3 Å². The van der Waals surface area contributed by atoms with Gasteiger partial charge in [-0.1, -0.05) is 71.9 Å². The van der Waals surface area contributed by atoms with Crippen LogP contribution in [0.5, 0.6) is 5.75 Å². The van der Waals surface area contributed by atoms with Gasteiger partial charge in [-0.2, -0.15) is 0 Å². The number of anilines is 1. The number of thioether (sulfide) groups is 1. The highest BCUT2D eigenvalue weighted by Gasteiger charge is 2.16. The van der Waals surface area contributed by atoms with Crippen molar-refractivity contribution in [2.24, 2.45) is 0 Å². The number of para-hydroxylation sites is 1. The number of ether oxygens (including phenoxy) is 1. The molecule has 168 valence electrons. The van der Waals surface area contributed by atoms with E-state index in [-0.39, 0.29) is 11.7 Å². The number of aromatic nitrogens is 3. The SMILES string of the molecule is COc1ccc(NC(=O)CSc2nnc(CCc3ccccc3)n2-c2ccccc2)cc1Cl. The molecule has 1 N–H and O–H groups in total. The topological polar surface area (TPSA) is 69.0 Å². The van der Waals surface area contributed by atoms with E-state index in [9.17, 15) is 4.79 Å². The van der Waals surface area contributed by atoms with Crippen LogP contribution in [0, 0.1) is 0 Å². The van der Waals surface area contributed by atoms with Crippen LogP contribution in [0.4, 0.5) is 5.69 Å². The third-order valence-corrected chi connectivity index (χ3v) is 6.19. The van der Waals surface area contributed by atoms with Gasteiger partial charge in [-0.15, -0.1) is 10.2 Å². The first-order chi connectivity index (χ1) is 16.1. The van der Waals surface area contributed by atoms with Crippen molar-refractivity contribution in [3.63, 3.8) is 0 Å². The average Bonchev–Trinajstić information content (AvgIpc) is 3.25. The van der Waals surface area contributed by atoms with Gasteiger partial charge >= 0.3 is 0 Å². The predicted molar refractivity (Wildman–Crippen MR) is 133 cm³/mol. The van der Waals surface area contributed by atoms with Gasteiger partial charge < -0.3 is 10.1 Å². The van der Waals surface area contributed by atoms with Crippen molar-refractivity contribution in [3.05, 3.63) is 95.3 Å². The molecule has 0 aliphatic heterocycles. The van der Waals surface area contributed by atoms with Gasteiger partial charge in [0.05, 0.1) is 17.9 Å². The summed E-state index contributed by atoms with van der Waals surface area (Å²) in [7, 11) is 1.55. The standard InChI is InChI=1S/C25H23ClN4O2S/c1-32-22-14-13-19(16-21(22)26)27-24(31)17-33-25-29-28-23(15-12-18-8-4-2-5-9-18)30(25)20-10-6-3-7-11-20/h2-11,13-14,16H,12,15,17H2,1H3,(H,27,31). The van der Waals surface area contributed by atoms with E-state index >= 15 is 0 Å². The third kappa shape index (κ3) is 5.94. The Bertz CT molecular complexity index is 1220. The maximum atomic E-state index is 12.6. The molecule has 1 aromatic heterocycles. The van der Waals surface area contributed by atoms with Crippen LogP contribution in [0.25, 0.3) is 5.69 Å². The highest BCUT2D eigenvalue weighted by Crippen LogP contribution is 2.28. The Morgan fingerprint density at radius 3 is 2.42 bits per heavy atom. The molecule has 8 heteroatoms. The number of hydrogen-bond acceptors (Lipinski definition) is 5. The molecule has 0 saturated carbocycles. The largest absolute Gasteiger partial charge is 0.495 e. The molecule has 0 aliphatic carbocycles. The summed E-state index contributed by atoms with van der Waals surface area (Å²) in [5.41, 5.74) is 2.82. The Morgan fingerprint density at radius 2 is 1.73 bits per heavy atom. The zero-order valence-electron chi connectivity index (χ0n) is 18.1. The molecule has 4 aromatic rings. The van der Waals surface area contributed by atoms with Crippen LogP contribution in [0.1, 0.15) is 11.4 Å². The highest BCUT2D eigenvalue weighted by molar-refractivity contribution is 7.99. The van der Waals surface area contributed by atoms with Crippen molar-refractivity contribution in [2.75, 3.05) is 18.2 Å². The van der Waals surface area contributed by atoms with E-state index in [0.29, 0.717) is 21.6 Å². The van der Waals surface area contributed by atoms with Crippen molar-refractivity contribution in [2.45, 2.75) is 18.0 Å². The summed E-state index contributed by atoms with van der Waals surface area (Å²) in [6, 6.07) is 25.4. The fourth-order valence-electron chi connectivity index (χ4n) is 3.36. The maximum absolute atomic E-state index is 12.6. The normalized spacial score (nSPS) is 10.7. The third-order valence-electron chi connectivity index (χ3n) is 4.96. The molecule has 0 radical (unpaired) electrons. The lowest BCUT2D eigenvalue weighted by atomic mass is 10.1. The number of nitrogens with zero attached hydrogens (tertiary/aromatic N) is 3. The van der Waals surface area contributed by atoms with E-state index in [0.717, 1.165) is 24.4 Å².